The van der Waals surface area contributed by atoms with E-state index in [9.17, 15) is 4.79 Å². The molecule has 3 aliphatic rings. The zero-order chi connectivity index (χ0) is 17.9. The minimum Gasteiger partial charge on any atom is -0.465 e. The maximum absolute atomic E-state index is 13.5. The first-order valence-corrected chi connectivity index (χ1v) is 9.76. The Morgan fingerprint density at radius 2 is 2.04 bits per heavy atom. The number of furan rings is 1. The van der Waals surface area contributed by atoms with Gasteiger partial charge in [0.15, 0.2) is 0 Å². The Labute approximate surface area is 154 Å². The summed E-state index contributed by atoms with van der Waals surface area (Å²) < 4.78 is 5.94. The van der Waals surface area contributed by atoms with E-state index >= 15 is 0 Å². The van der Waals surface area contributed by atoms with Gasteiger partial charge in [-0.15, -0.1) is 0 Å². The second-order valence-electron chi connectivity index (χ2n) is 8.23. The molecule has 3 saturated heterocycles. The number of carbonyl (C=O) groups excluding carboxylic acids is 1. The normalized spacial score (nSPS) is 30.8. The monoisotopic (exact) mass is 350 g/mol. The van der Waals surface area contributed by atoms with Crippen LogP contribution in [0.1, 0.15) is 48.0 Å². The zero-order valence-electron chi connectivity index (χ0n) is 15.6. The van der Waals surface area contributed by atoms with Gasteiger partial charge in [-0.2, -0.15) is 0 Å². The van der Waals surface area contributed by atoms with Crippen LogP contribution in [0.25, 0.3) is 0 Å². The van der Waals surface area contributed by atoms with E-state index in [4.69, 9.17) is 4.42 Å². The van der Waals surface area contributed by atoms with Gasteiger partial charge in [-0.25, -0.2) is 0 Å². The molecule has 1 aromatic carbocycles. The Morgan fingerprint density at radius 1 is 1.19 bits per heavy atom. The van der Waals surface area contributed by atoms with Crippen molar-refractivity contribution in [2.24, 2.45) is 5.92 Å². The van der Waals surface area contributed by atoms with Crippen molar-refractivity contribution in [3.05, 3.63) is 59.0 Å². The van der Waals surface area contributed by atoms with Crippen molar-refractivity contribution >= 4 is 5.91 Å². The van der Waals surface area contributed by atoms with Crippen molar-refractivity contribution in [2.45, 2.75) is 51.2 Å². The summed E-state index contributed by atoms with van der Waals surface area (Å²) in [7, 11) is 0. The van der Waals surface area contributed by atoms with Crippen molar-refractivity contribution in [3.8, 4) is 0 Å². The van der Waals surface area contributed by atoms with E-state index in [1.165, 1.54) is 11.1 Å². The van der Waals surface area contributed by atoms with E-state index < -0.39 is 0 Å². The van der Waals surface area contributed by atoms with E-state index in [1.807, 2.05) is 13.0 Å². The van der Waals surface area contributed by atoms with Crippen molar-refractivity contribution in [1.82, 2.24) is 9.80 Å². The van der Waals surface area contributed by atoms with Gasteiger partial charge in [0.2, 0.25) is 5.91 Å². The molecule has 0 aliphatic carbocycles. The number of aryl methyl sites for hydroxylation is 2. The summed E-state index contributed by atoms with van der Waals surface area (Å²) >= 11 is 0. The number of rotatable bonds is 3. The Morgan fingerprint density at radius 3 is 2.81 bits per heavy atom. The molecule has 0 N–H and O–H groups in total. The predicted molar refractivity (Wildman–Crippen MR) is 99.6 cm³/mol. The molecule has 136 valence electrons. The van der Waals surface area contributed by atoms with Gasteiger partial charge in [-0.05, 0) is 56.4 Å². The molecule has 1 amide bonds. The van der Waals surface area contributed by atoms with Crippen LogP contribution in [0.15, 0.2) is 40.8 Å². The van der Waals surface area contributed by atoms with Crippen molar-refractivity contribution in [2.75, 3.05) is 13.1 Å². The van der Waals surface area contributed by atoms with Gasteiger partial charge >= 0.3 is 0 Å². The summed E-state index contributed by atoms with van der Waals surface area (Å²) in [5, 5.41) is 0. The van der Waals surface area contributed by atoms with Crippen LogP contribution < -0.4 is 0 Å². The van der Waals surface area contributed by atoms with Crippen molar-refractivity contribution in [3.63, 3.8) is 0 Å². The molecule has 4 nitrogen and oxygen atoms in total. The number of benzene rings is 1. The highest BCUT2D eigenvalue weighted by molar-refractivity contribution is 5.90. The Bertz CT molecular complexity index is 857. The SMILES string of the molecule is Cc1ccc([C@@H]2C[C@H]3CN(Cc4ccccc4C)C(=O)[C@]34CCCN24)o1. The van der Waals surface area contributed by atoms with Gasteiger partial charge < -0.3 is 9.32 Å². The fraction of sp³-hybridized carbons (Fsp3) is 0.500. The first kappa shape index (κ1) is 16.1. The van der Waals surface area contributed by atoms with E-state index in [0.29, 0.717) is 11.8 Å². The van der Waals surface area contributed by atoms with Crippen molar-refractivity contribution < 1.29 is 9.21 Å². The van der Waals surface area contributed by atoms with Crippen LogP contribution in [0.4, 0.5) is 0 Å². The Kier molecular flexibility index (Phi) is 3.54. The third-order valence-corrected chi connectivity index (χ3v) is 6.84. The Balaban J connectivity index is 1.44. The number of nitrogens with zero attached hydrogens (tertiary/aromatic N) is 2. The van der Waals surface area contributed by atoms with Crippen LogP contribution in [-0.4, -0.2) is 34.3 Å². The summed E-state index contributed by atoms with van der Waals surface area (Å²) in [6.45, 7) is 6.74. The number of hydrogen-bond acceptors (Lipinski definition) is 3. The number of carbonyl (C=O) groups is 1. The molecule has 1 aromatic heterocycles. The van der Waals surface area contributed by atoms with Gasteiger partial charge in [0.1, 0.15) is 17.1 Å². The van der Waals surface area contributed by atoms with Crippen LogP contribution in [0.3, 0.4) is 0 Å². The molecule has 3 atom stereocenters. The van der Waals surface area contributed by atoms with E-state index in [0.717, 1.165) is 50.4 Å². The maximum atomic E-state index is 13.5. The third-order valence-electron chi connectivity index (χ3n) is 6.84. The molecule has 5 rings (SSSR count). The highest BCUT2D eigenvalue weighted by Gasteiger charge is 2.65. The second kappa shape index (κ2) is 5.71. The topological polar surface area (TPSA) is 36.7 Å². The first-order chi connectivity index (χ1) is 12.6. The van der Waals surface area contributed by atoms with Gasteiger partial charge in [0, 0.05) is 25.6 Å². The highest BCUT2D eigenvalue weighted by Crippen LogP contribution is 2.56. The molecule has 1 spiro atoms. The molecule has 4 heteroatoms. The minimum absolute atomic E-state index is 0.265. The standard InChI is InChI=1S/C22H26N2O2/c1-15-6-3-4-7-17(15)13-23-14-18-12-19(20-9-8-16(2)26-20)24-11-5-10-22(18,24)21(23)25/h3-4,6-9,18-19H,5,10-14H2,1-2H3/t18-,19-,22-/m0/s1. The van der Waals surface area contributed by atoms with Crippen LogP contribution in [0.5, 0.6) is 0 Å². The summed E-state index contributed by atoms with van der Waals surface area (Å²) in [4.78, 5) is 18.1. The fourth-order valence-corrected chi connectivity index (χ4v) is 5.61. The lowest BCUT2D eigenvalue weighted by molar-refractivity contribution is -0.137. The fourth-order valence-electron chi connectivity index (χ4n) is 5.61. The molecule has 0 saturated carbocycles. The quantitative estimate of drug-likeness (QED) is 0.844. The molecule has 3 aliphatic heterocycles. The van der Waals surface area contributed by atoms with Gasteiger partial charge in [-0.1, -0.05) is 24.3 Å². The summed E-state index contributed by atoms with van der Waals surface area (Å²) in [6.07, 6.45) is 3.14. The van der Waals surface area contributed by atoms with Gasteiger partial charge in [-0.3, -0.25) is 9.69 Å². The molecular weight excluding hydrogens is 324 g/mol. The average Bonchev–Trinajstić information content (AvgIpc) is 3.35. The lowest BCUT2D eigenvalue weighted by Gasteiger charge is -2.33. The largest absolute Gasteiger partial charge is 0.465 e. The van der Waals surface area contributed by atoms with Crippen molar-refractivity contribution in [1.29, 1.82) is 0 Å². The zero-order valence-corrected chi connectivity index (χ0v) is 15.6. The summed E-state index contributed by atoms with van der Waals surface area (Å²) in [5.41, 5.74) is 2.25. The molecule has 0 unspecified atom stereocenters. The average molecular weight is 350 g/mol. The molecule has 0 radical (unpaired) electrons. The molecule has 26 heavy (non-hydrogen) atoms. The minimum atomic E-state index is -0.284. The highest BCUT2D eigenvalue weighted by atomic mass is 16.3. The molecular formula is C22H26N2O2. The molecule has 0 bridgehead atoms. The third kappa shape index (κ3) is 2.14. The number of likely N-dealkylation sites (tertiary alicyclic amines) is 1. The first-order valence-electron chi connectivity index (χ1n) is 9.76. The van der Waals surface area contributed by atoms with E-state index in [-0.39, 0.29) is 11.6 Å². The van der Waals surface area contributed by atoms with Crippen LogP contribution in [0.2, 0.25) is 0 Å². The summed E-state index contributed by atoms with van der Waals surface area (Å²) in [6, 6.07) is 12.8. The summed E-state index contributed by atoms with van der Waals surface area (Å²) in [5.74, 6) is 2.75. The molecule has 4 heterocycles. The Hall–Kier alpha value is -2.07. The van der Waals surface area contributed by atoms with E-state index in [2.05, 4.69) is 47.1 Å². The van der Waals surface area contributed by atoms with Gasteiger partial charge in [0.05, 0.1) is 6.04 Å². The second-order valence-corrected chi connectivity index (χ2v) is 8.23. The lowest BCUT2D eigenvalue weighted by atomic mass is 9.85. The van der Waals surface area contributed by atoms with Crippen LogP contribution in [-0.2, 0) is 11.3 Å². The smallest absolute Gasteiger partial charge is 0.243 e. The van der Waals surface area contributed by atoms with Crippen LogP contribution in [0, 0.1) is 19.8 Å². The van der Waals surface area contributed by atoms with Gasteiger partial charge in [0.25, 0.3) is 0 Å². The number of amides is 1. The number of hydrogen-bond donors (Lipinski definition) is 0. The molecule has 3 fully saturated rings. The lowest BCUT2D eigenvalue weighted by Crippen LogP contribution is -2.49. The predicted octanol–water partition coefficient (Wildman–Crippen LogP) is 3.83. The maximum Gasteiger partial charge on any atom is 0.243 e. The van der Waals surface area contributed by atoms with E-state index in [1.54, 1.807) is 0 Å². The molecule has 2 aromatic rings. The van der Waals surface area contributed by atoms with Crippen LogP contribution >= 0.6 is 0 Å².